The van der Waals surface area contributed by atoms with Gasteiger partial charge in [-0.2, -0.15) is 0 Å². The third-order valence-corrected chi connectivity index (χ3v) is 5.74. The summed E-state index contributed by atoms with van der Waals surface area (Å²) in [5, 5.41) is 0. The molecule has 1 aliphatic heterocycles. The molecule has 27 heavy (non-hydrogen) atoms. The summed E-state index contributed by atoms with van der Waals surface area (Å²) in [7, 11) is 0. The molecule has 1 amide bonds. The maximum atomic E-state index is 12.3. The maximum Gasteiger partial charge on any atom is 0.223 e. The van der Waals surface area contributed by atoms with Crippen LogP contribution in [0, 0.1) is 0 Å². The lowest BCUT2D eigenvalue weighted by Crippen LogP contribution is -2.34. The first-order valence-electron chi connectivity index (χ1n) is 9.59. The first-order chi connectivity index (χ1) is 13.1. The number of fused-ring (bicyclic) bond motifs is 1. The molecule has 2 nitrogen and oxygen atoms in total. The summed E-state index contributed by atoms with van der Waals surface area (Å²) in [6.07, 6.45) is 2.03. The fourth-order valence-corrected chi connectivity index (χ4v) is 4.14. The topological polar surface area (TPSA) is 20.3 Å². The smallest absolute Gasteiger partial charge is 0.223 e. The van der Waals surface area contributed by atoms with E-state index in [9.17, 15) is 4.79 Å². The standard InChI is InChI=1S/C25H25NO/c1-19(27)26-18-25(2,16-15-20-9-5-3-6-10-20)23-17-22(13-14-24(23)26)21-11-7-4-8-12-21/h3-14,17H,15-16,18H2,1-2H3. The second kappa shape index (κ2) is 7.03. The van der Waals surface area contributed by atoms with Gasteiger partial charge in [-0.3, -0.25) is 4.79 Å². The van der Waals surface area contributed by atoms with Crippen LogP contribution in [0.5, 0.6) is 0 Å². The summed E-state index contributed by atoms with van der Waals surface area (Å²) in [6.45, 7) is 4.72. The summed E-state index contributed by atoms with van der Waals surface area (Å²) in [5.41, 5.74) is 6.09. The van der Waals surface area contributed by atoms with Gasteiger partial charge in [0.15, 0.2) is 0 Å². The normalized spacial score (nSPS) is 18.4. The third kappa shape index (κ3) is 3.40. The lowest BCUT2D eigenvalue weighted by molar-refractivity contribution is -0.116. The third-order valence-electron chi connectivity index (χ3n) is 5.74. The minimum Gasteiger partial charge on any atom is -0.311 e. The van der Waals surface area contributed by atoms with Gasteiger partial charge in [0, 0.05) is 24.6 Å². The highest BCUT2D eigenvalue weighted by Gasteiger charge is 2.40. The van der Waals surface area contributed by atoms with Crippen LogP contribution in [0.1, 0.15) is 31.4 Å². The van der Waals surface area contributed by atoms with Crippen LogP contribution in [-0.4, -0.2) is 12.5 Å². The number of carbonyl (C=O) groups is 1. The maximum absolute atomic E-state index is 12.3. The van der Waals surface area contributed by atoms with E-state index in [0.29, 0.717) is 0 Å². The minimum absolute atomic E-state index is 0.0400. The van der Waals surface area contributed by atoms with Gasteiger partial charge in [0.05, 0.1) is 0 Å². The molecular formula is C25H25NO. The first-order valence-corrected chi connectivity index (χ1v) is 9.59. The van der Waals surface area contributed by atoms with Crippen molar-refractivity contribution in [2.75, 3.05) is 11.4 Å². The predicted molar refractivity (Wildman–Crippen MR) is 112 cm³/mol. The quantitative estimate of drug-likeness (QED) is 0.595. The molecule has 4 rings (SSSR count). The van der Waals surface area contributed by atoms with Gasteiger partial charge in [-0.1, -0.05) is 73.7 Å². The molecule has 1 unspecified atom stereocenters. The van der Waals surface area contributed by atoms with Gasteiger partial charge in [-0.15, -0.1) is 0 Å². The van der Waals surface area contributed by atoms with Gasteiger partial charge in [0.25, 0.3) is 0 Å². The molecule has 1 atom stereocenters. The molecule has 3 aromatic carbocycles. The van der Waals surface area contributed by atoms with E-state index in [4.69, 9.17) is 0 Å². The minimum atomic E-state index is -0.0400. The molecule has 0 fully saturated rings. The van der Waals surface area contributed by atoms with Crippen LogP contribution in [-0.2, 0) is 16.6 Å². The molecule has 2 heteroatoms. The van der Waals surface area contributed by atoms with Crippen LogP contribution >= 0.6 is 0 Å². The molecule has 136 valence electrons. The summed E-state index contributed by atoms with van der Waals surface area (Å²) < 4.78 is 0. The highest BCUT2D eigenvalue weighted by Crippen LogP contribution is 2.45. The number of hydrogen-bond donors (Lipinski definition) is 0. The molecule has 0 bridgehead atoms. The Morgan fingerprint density at radius 1 is 0.926 bits per heavy atom. The molecule has 0 saturated heterocycles. The summed E-state index contributed by atoms with van der Waals surface area (Å²) in [4.78, 5) is 14.2. The fourth-order valence-electron chi connectivity index (χ4n) is 4.14. The van der Waals surface area contributed by atoms with E-state index in [1.807, 2.05) is 11.0 Å². The van der Waals surface area contributed by atoms with Gasteiger partial charge >= 0.3 is 0 Å². The Morgan fingerprint density at radius 2 is 1.59 bits per heavy atom. The van der Waals surface area contributed by atoms with Crippen molar-refractivity contribution in [1.29, 1.82) is 0 Å². The van der Waals surface area contributed by atoms with E-state index >= 15 is 0 Å². The first kappa shape index (κ1) is 17.5. The van der Waals surface area contributed by atoms with E-state index in [1.165, 1.54) is 22.3 Å². The lowest BCUT2D eigenvalue weighted by atomic mass is 9.78. The van der Waals surface area contributed by atoms with E-state index < -0.39 is 0 Å². The van der Waals surface area contributed by atoms with Crippen molar-refractivity contribution in [1.82, 2.24) is 0 Å². The molecule has 0 N–H and O–H groups in total. The van der Waals surface area contributed by atoms with Crippen LogP contribution in [0.15, 0.2) is 78.9 Å². The number of nitrogens with zero attached hydrogens (tertiary/aromatic N) is 1. The van der Waals surface area contributed by atoms with Crippen LogP contribution in [0.3, 0.4) is 0 Å². The number of amides is 1. The van der Waals surface area contributed by atoms with Crippen molar-refractivity contribution in [3.8, 4) is 11.1 Å². The number of carbonyl (C=O) groups excluding carboxylic acids is 1. The predicted octanol–water partition coefficient (Wildman–Crippen LogP) is 5.61. The zero-order valence-corrected chi connectivity index (χ0v) is 16.0. The van der Waals surface area contributed by atoms with Crippen molar-refractivity contribution in [3.05, 3.63) is 90.0 Å². The zero-order chi connectivity index (χ0) is 18.9. The van der Waals surface area contributed by atoms with Crippen LogP contribution in [0.25, 0.3) is 11.1 Å². The van der Waals surface area contributed by atoms with Crippen molar-refractivity contribution in [2.24, 2.45) is 0 Å². The summed E-state index contributed by atoms with van der Waals surface area (Å²) in [6, 6.07) is 27.6. The van der Waals surface area contributed by atoms with E-state index in [-0.39, 0.29) is 11.3 Å². The average molecular weight is 355 g/mol. The van der Waals surface area contributed by atoms with Crippen molar-refractivity contribution in [2.45, 2.75) is 32.1 Å². The van der Waals surface area contributed by atoms with E-state index in [1.54, 1.807) is 6.92 Å². The summed E-state index contributed by atoms with van der Waals surface area (Å²) >= 11 is 0. The van der Waals surface area contributed by atoms with Gasteiger partial charge < -0.3 is 4.90 Å². The number of benzene rings is 3. The Kier molecular flexibility index (Phi) is 4.57. The summed E-state index contributed by atoms with van der Waals surface area (Å²) in [5.74, 6) is 0.118. The molecule has 0 saturated carbocycles. The Balaban J connectivity index is 1.71. The SMILES string of the molecule is CC(=O)N1CC(C)(CCc2ccccc2)c2cc(-c3ccccc3)ccc21. The van der Waals surface area contributed by atoms with E-state index in [0.717, 1.165) is 25.1 Å². The van der Waals surface area contributed by atoms with E-state index in [2.05, 4.69) is 79.7 Å². The number of anilines is 1. The van der Waals surface area contributed by atoms with Crippen LogP contribution in [0.4, 0.5) is 5.69 Å². The van der Waals surface area contributed by atoms with Gasteiger partial charge in [-0.05, 0) is 47.2 Å². The number of aryl methyl sites for hydroxylation is 1. The molecule has 0 radical (unpaired) electrons. The Morgan fingerprint density at radius 3 is 2.26 bits per heavy atom. The van der Waals surface area contributed by atoms with Crippen molar-refractivity contribution >= 4 is 11.6 Å². The van der Waals surface area contributed by atoms with Crippen molar-refractivity contribution in [3.63, 3.8) is 0 Å². The highest BCUT2D eigenvalue weighted by molar-refractivity contribution is 5.95. The second-order valence-corrected chi connectivity index (χ2v) is 7.75. The van der Waals surface area contributed by atoms with Crippen LogP contribution in [0.2, 0.25) is 0 Å². The molecular weight excluding hydrogens is 330 g/mol. The molecule has 1 heterocycles. The number of hydrogen-bond acceptors (Lipinski definition) is 1. The molecule has 0 aliphatic carbocycles. The molecule has 3 aromatic rings. The average Bonchev–Trinajstić information content (AvgIpc) is 3.01. The van der Waals surface area contributed by atoms with Crippen molar-refractivity contribution < 1.29 is 4.79 Å². The second-order valence-electron chi connectivity index (χ2n) is 7.75. The Bertz CT molecular complexity index is 949. The van der Waals surface area contributed by atoms with Gasteiger partial charge in [0.2, 0.25) is 5.91 Å². The molecule has 0 aromatic heterocycles. The molecule has 0 spiro atoms. The fraction of sp³-hybridized carbons (Fsp3) is 0.240. The number of rotatable bonds is 4. The lowest BCUT2D eigenvalue weighted by Gasteiger charge is -2.26. The largest absolute Gasteiger partial charge is 0.311 e. The molecule has 1 aliphatic rings. The zero-order valence-electron chi connectivity index (χ0n) is 16.0. The Hall–Kier alpha value is -2.87. The van der Waals surface area contributed by atoms with Crippen LogP contribution < -0.4 is 4.90 Å². The highest BCUT2D eigenvalue weighted by atomic mass is 16.2. The monoisotopic (exact) mass is 355 g/mol. The Labute approximate surface area is 161 Å². The van der Waals surface area contributed by atoms with Gasteiger partial charge in [0.1, 0.15) is 0 Å². The van der Waals surface area contributed by atoms with Gasteiger partial charge in [-0.25, -0.2) is 0 Å².